The van der Waals surface area contributed by atoms with E-state index in [0.717, 1.165) is 30.2 Å². The second-order valence-electron chi connectivity index (χ2n) is 7.90. The van der Waals surface area contributed by atoms with E-state index in [2.05, 4.69) is 25.7 Å². The zero-order chi connectivity index (χ0) is 23.0. The molecule has 0 atom stereocenters. The Bertz CT molecular complexity index is 1060. The maximum atomic E-state index is 12.5. The van der Waals surface area contributed by atoms with Gasteiger partial charge in [-0.25, -0.2) is 4.79 Å². The van der Waals surface area contributed by atoms with Gasteiger partial charge in [-0.2, -0.15) is 0 Å². The van der Waals surface area contributed by atoms with Gasteiger partial charge in [0.15, 0.2) is 5.82 Å². The minimum Gasteiger partial charge on any atom is -0.497 e. The highest BCUT2D eigenvalue weighted by atomic mass is 16.5. The Balaban J connectivity index is 1.38. The number of urea groups is 1. The molecule has 0 spiro atoms. The van der Waals surface area contributed by atoms with Crippen molar-refractivity contribution in [3.63, 3.8) is 0 Å². The van der Waals surface area contributed by atoms with Crippen molar-refractivity contribution in [1.29, 1.82) is 0 Å². The molecule has 4 rings (SSSR count). The monoisotopic (exact) mass is 447 g/mol. The summed E-state index contributed by atoms with van der Waals surface area (Å²) in [7, 11) is 3.12. The highest BCUT2D eigenvalue weighted by Crippen LogP contribution is 2.29. The van der Waals surface area contributed by atoms with Crippen molar-refractivity contribution in [1.82, 2.24) is 10.2 Å². The summed E-state index contributed by atoms with van der Waals surface area (Å²) >= 11 is 0. The molecule has 1 fully saturated rings. The van der Waals surface area contributed by atoms with Gasteiger partial charge in [-0.05, 0) is 49.2 Å². The molecular weight excluding hydrogens is 418 g/mol. The van der Waals surface area contributed by atoms with E-state index < -0.39 is 0 Å². The number of carbonyl (C=O) groups is 1. The molecule has 172 valence electrons. The average Bonchev–Trinajstić information content (AvgIpc) is 3.14. The third-order valence-electron chi connectivity index (χ3n) is 5.67. The molecule has 33 heavy (non-hydrogen) atoms. The molecule has 1 aromatic heterocycles. The highest BCUT2D eigenvalue weighted by molar-refractivity contribution is 6.00. The predicted molar refractivity (Wildman–Crippen MR) is 130 cm³/mol. The number of methoxy groups -OCH3 is 2. The van der Waals surface area contributed by atoms with E-state index in [0.29, 0.717) is 22.9 Å². The van der Waals surface area contributed by atoms with Crippen LogP contribution in [0.4, 0.5) is 22.0 Å². The Morgan fingerprint density at radius 1 is 0.848 bits per heavy atom. The standard InChI is InChI=1S/C25H29N5O3/c1-32-20-11-13-23(33-2)22(17-20)27-25(31)26-19-9-7-18(8-10-19)21-12-14-24(29-28-21)30-15-5-3-4-6-16-30/h7-14,17H,3-6,15-16H2,1-2H3,(H2,26,27,31). The van der Waals surface area contributed by atoms with E-state index in [4.69, 9.17) is 9.47 Å². The van der Waals surface area contributed by atoms with E-state index in [1.54, 1.807) is 32.4 Å². The molecule has 8 nitrogen and oxygen atoms in total. The molecule has 2 N–H and O–H groups in total. The summed E-state index contributed by atoms with van der Waals surface area (Å²) in [6, 6.07) is 16.4. The van der Waals surface area contributed by atoms with Crippen LogP contribution in [0.15, 0.2) is 54.6 Å². The first kappa shape index (κ1) is 22.4. The molecule has 2 aromatic carbocycles. The van der Waals surface area contributed by atoms with E-state index in [-0.39, 0.29) is 6.03 Å². The second-order valence-corrected chi connectivity index (χ2v) is 7.90. The summed E-state index contributed by atoms with van der Waals surface area (Å²) < 4.78 is 10.5. The Morgan fingerprint density at radius 3 is 2.24 bits per heavy atom. The van der Waals surface area contributed by atoms with Gasteiger partial charge in [0.2, 0.25) is 0 Å². The molecule has 2 heterocycles. The summed E-state index contributed by atoms with van der Waals surface area (Å²) in [5.41, 5.74) is 2.91. The van der Waals surface area contributed by atoms with E-state index in [1.807, 2.05) is 36.4 Å². The fourth-order valence-electron chi connectivity index (χ4n) is 3.87. The molecule has 0 radical (unpaired) electrons. The average molecular weight is 448 g/mol. The van der Waals surface area contributed by atoms with Gasteiger partial charge >= 0.3 is 6.03 Å². The van der Waals surface area contributed by atoms with E-state index in [9.17, 15) is 4.79 Å². The number of carbonyl (C=O) groups excluding carboxylic acids is 1. The lowest BCUT2D eigenvalue weighted by atomic mass is 10.1. The van der Waals surface area contributed by atoms with E-state index >= 15 is 0 Å². The van der Waals surface area contributed by atoms with Gasteiger partial charge in [0, 0.05) is 30.4 Å². The molecule has 0 saturated carbocycles. The van der Waals surface area contributed by atoms with Crippen molar-refractivity contribution in [2.24, 2.45) is 0 Å². The van der Waals surface area contributed by atoms with Crippen molar-refractivity contribution >= 4 is 23.2 Å². The van der Waals surface area contributed by atoms with Gasteiger partial charge in [0.25, 0.3) is 0 Å². The number of hydrogen-bond acceptors (Lipinski definition) is 6. The first-order chi connectivity index (χ1) is 16.2. The Kier molecular flexibility index (Phi) is 7.24. The van der Waals surface area contributed by atoms with Crippen LogP contribution in [0.3, 0.4) is 0 Å². The third-order valence-corrected chi connectivity index (χ3v) is 5.67. The minimum atomic E-state index is -0.379. The molecule has 1 aliphatic heterocycles. The summed E-state index contributed by atoms with van der Waals surface area (Å²) in [4.78, 5) is 14.8. The number of rotatable bonds is 6. The van der Waals surface area contributed by atoms with Crippen molar-refractivity contribution in [2.45, 2.75) is 25.7 Å². The molecule has 0 unspecified atom stereocenters. The zero-order valence-electron chi connectivity index (χ0n) is 19.0. The Hall–Kier alpha value is -3.81. The number of amides is 2. The smallest absolute Gasteiger partial charge is 0.323 e. The van der Waals surface area contributed by atoms with Gasteiger partial charge in [0.1, 0.15) is 11.5 Å². The summed E-state index contributed by atoms with van der Waals surface area (Å²) in [5.74, 6) is 2.10. The van der Waals surface area contributed by atoms with Gasteiger partial charge in [-0.1, -0.05) is 25.0 Å². The van der Waals surface area contributed by atoms with Crippen LogP contribution in [0, 0.1) is 0 Å². The number of hydrogen-bond donors (Lipinski definition) is 2. The molecule has 2 amide bonds. The fourth-order valence-corrected chi connectivity index (χ4v) is 3.87. The number of nitrogens with zero attached hydrogens (tertiary/aromatic N) is 3. The van der Waals surface area contributed by atoms with Crippen LogP contribution in [-0.2, 0) is 0 Å². The Morgan fingerprint density at radius 2 is 1.61 bits per heavy atom. The maximum Gasteiger partial charge on any atom is 0.323 e. The predicted octanol–water partition coefficient (Wildman–Crippen LogP) is 5.19. The van der Waals surface area contributed by atoms with Crippen LogP contribution >= 0.6 is 0 Å². The van der Waals surface area contributed by atoms with Gasteiger partial charge in [-0.3, -0.25) is 0 Å². The topological polar surface area (TPSA) is 88.6 Å². The largest absolute Gasteiger partial charge is 0.497 e. The van der Waals surface area contributed by atoms with Crippen LogP contribution < -0.4 is 25.0 Å². The SMILES string of the molecule is COc1ccc(OC)c(NC(=O)Nc2ccc(-c3ccc(N4CCCCCC4)nn3)cc2)c1. The molecule has 1 saturated heterocycles. The quantitative estimate of drug-likeness (QED) is 0.541. The van der Waals surface area contributed by atoms with Gasteiger partial charge < -0.3 is 25.0 Å². The molecule has 0 aliphatic carbocycles. The summed E-state index contributed by atoms with van der Waals surface area (Å²) in [6.45, 7) is 2.08. The molecule has 8 heteroatoms. The van der Waals surface area contributed by atoms with Gasteiger partial charge in [-0.15, -0.1) is 10.2 Å². The lowest BCUT2D eigenvalue weighted by molar-refractivity contribution is 0.262. The zero-order valence-corrected chi connectivity index (χ0v) is 19.0. The molecule has 0 bridgehead atoms. The van der Waals surface area contributed by atoms with Crippen LogP contribution in [0.2, 0.25) is 0 Å². The van der Waals surface area contributed by atoms with Crippen molar-refractivity contribution in [2.75, 3.05) is 42.8 Å². The number of benzene rings is 2. The van der Waals surface area contributed by atoms with Crippen molar-refractivity contribution in [3.05, 3.63) is 54.6 Å². The molecule has 1 aliphatic rings. The van der Waals surface area contributed by atoms with Crippen molar-refractivity contribution < 1.29 is 14.3 Å². The normalized spacial score (nSPS) is 13.7. The highest BCUT2D eigenvalue weighted by Gasteiger charge is 2.13. The third kappa shape index (κ3) is 5.71. The second kappa shape index (κ2) is 10.7. The molecular formula is C25H29N5O3. The maximum absolute atomic E-state index is 12.5. The van der Waals surface area contributed by atoms with Crippen molar-refractivity contribution in [3.8, 4) is 22.8 Å². The van der Waals surface area contributed by atoms with Gasteiger partial charge in [0.05, 0.1) is 25.6 Å². The number of ether oxygens (including phenoxy) is 2. The summed E-state index contributed by atoms with van der Waals surface area (Å²) in [6.07, 6.45) is 4.98. The van der Waals surface area contributed by atoms with Crippen LogP contribution in [0.5, 0.6) is 11.5 Å². The minimum absolute atomic E-state index is 0.379. The number of aromatic nitrogens is 2. The van der Waals surface area contributed by atoms with Crippen LogP contribution in [0.25, 0.3) is 11.3 Å². The lowest BCUT2D eigenvalue weighted by Gasteiger charge is -2.20. The number of nitrogens with one attached hydrogen (secondary N) is 2. The van der Waals surface area contributed by atoms with Crippen LogP contribution in [0.1, 0.15) is 25.7 Å². The Labute approximate surface area is 193 Å². The molecule has 3 aromatic rings. The lowest BCUT2D eigenvalue weighted by Crippen LogP contribution is -2.25. The van der Waals surface area contributed by atoms with Crippen LogP contribution in [-0.4, -0.2) is 43.5 Å². The first-order valence-corrected chi connectivity index (χ1v) is 11.2. The van der Waals surface area contributed by atoms with E-state index in [1.165, 1.54) is 25.7 Å². The summed E-state index contributed by atoms with van der Waals surface area (Å²) in [5, 5.41) is 14.5. The number of anilines is 3. The fraction of sp³-hybridized carbons (Fsp3) is 0.320. The first-order valence-electron chi connectivity index (χ1n) is 11.2.